The van der Waals surface area contributed by atoms with Gasteiger partial charge in [-0.2, -0.15) is 0 Å². The van der Waals surface area contributed by atoms with E-state index in [1.807, 2.05) is 29.1 Å². The molecule has 2 aromatic heterocycles. The third kappa shape index (κ3) is 4.84. The number of thioether (sulfide) groups is 1. The van der Waals surface area contributed by atoms with Gasteiger partial charge in [-0.15, -0.1) is 28.1 Å². The fourth-order valence-corrected chi connectivity index (χ4v) is 4.04. The summed E-state index contributed by atoms with van der Waals surface area (Å²) in [5.74, 6) is 0.606. The van der Waals surface area contributed by atoms with Crippen molar-refractivity contribution in [2.75, 3.05) is 12.3 Å². The van der Waals surface area contributed by atoms with E-state index < -0.39 is 0 Å². The molecule has 0 aliphatic rings. The Hall–Kier alpha value is -2.45. The Morgan fingerprint density at radius 2 is 2.11 bits per heavy atom. The van der Waals surface area contributed by atoms with Gasteiger partial charge in [0.25, 0.3) is 0 Å². The van der Waals surface area contributed by atoms with Gasteiger partial charge in [0.1, 0.15) is 5.82 Å². The number of carbonyl (C=O) groups is 1. The molecule has 2 heterocycles. The van der Waals surface area contributed by atoms with E-state index in [-0.39, 0.29) is 17.5 Å². The van der Waals surface area contributed by atoms with Gasteiger partial charge in [-0.25, -0.2) is 4.39 Å². The Labute approximate surface area is 165 Å². The molecule has 0 bridgehead atoms. The van der Waals surface area contributed by atoms with Crippen molar-refractivity contribution in [3.63, 3.8) is 0 Å². The molecule has 0 saturated heterocycles. The van der Waals surface area contributed by atoms with Crippen LogP contribution >= 0.6 is 23.1 Å². The standard InChI is InChI=1S/C19H19FN4OS2/c1-3-10-24(12-16-5-4-11-26-16)17(25)13-27-19-22-21-18(23(19)2)14-6-8-15(20)9-7-14/h3-9,11H,1,10,12-13H2,2H3. The van der Waals surface area contributed by atoms with Crippen LogP contribution in [-0.4, -0.2) is 37.9 Å². The number of amides is 1. The Kier molecular flexibility index (Phi) is 6.41. The topological polar surface area (TPSA) is 51.0 Å². The second-order valence-electron chi connectivity index (χ2n) is 5.80. The zero-order valence-electron chi connectivity index (χ0n) is 14.8. The summed E-state index contributed by atoms with van der Waals surface area (Å²) in [5.41, 5.74) is 0.774. The van der Waals surface area contributed by atoms with Crippen molar-refractivity contribution in [1.82, 2.24) is 19.7 Å². The molecule has 140 valence electrons. The first-order chi connectivity index (χ1) is 13.1. The molecule has 0 aliphatic carbocycles. The maximum Gasteiger partial charge on any atom is 0.233 e. The lowest BCUT2D eigenvalue weighted by Gasteiger charge is -2.20. The van der Waals surface area contributed by atoms with E-state index in [1.165, 1.54) is 23.9 Å². The van der Waals surface area contributed by atoms with Crippen molar-refractivity contribution in [1.29, 1.82) is 0 Å². The van der Waals surface area contributed by atoms with Crippen molar-refractivity contribution in [2.45, 2.75) is 11.7 Å². The van der Waals surface area contributed by atoms with Gasteiger partial charge in [-0.1, -0.05) is 23.9 Å². The summed E-state index contributed by atoms with van der Waals surface area (Å²) in [4.78, 5) is 15.5. The average Bonchev–Trinajstić information content (AvgIpc) is 3.30. The number of aromatic nitrogens is 3. The van der Waals surface area contributed by atoms with Crippen LogP contribution < -0.4 is 0 Å². The van der Waals surface area contributed by atoms with Gasteiger partial charge >= 0.3 is 0 Å². The van der Waals surface area contributed by atoms with Gasteiger partial charge in [0.15, 0.2) is 11.0 Å². The van der Waals surface area contributed by atoms with E-state index >= 15 is 0 Å². The second-order valence-corrected chi connectivity index (χ2v) is 7.78. The van der Waals surface area contributed by atoms with Gasteiger partial charge in [0.05, 0.1) is 12.3 Å². The van der Waals surface area contributed by atoms with Crippen LogP contribution in [-0.2, 0) is 18.4 Å². The molecule has 5 nitrogen and oxygen atoms in total. The monoisotopic (exact) mass is 402 g/mol. The van der Waals surface area contributed by atoms with Gasteiger partial charge in [-0.3, -0.25) is 4.79 Å². The second kappa shape index (κ2) is 8.96. The lowest BCUT2D eigenvalue weighted by molar-refractivity contribution is -0.128. The Balaban J connectivity index is 1.65. The third-order valence-electron chi connectivity index (χ3n) is 3.89. The van der Waals surface area contributed by atoms with E-state index in [9.17, 15) is 9.18 Å². The fraction of sp³-hybridized carbons (Fsp3) is 0.211. The fourth-order valence-electron chi connectivity index (χ4n) is 2.51. The van der Waals surface area contributed by atoms with Crippen LogP contribution in [0.25, 0.3) is 11.4 Å². The first-order valence-electron chi connectivity index (χ1n) is 8.27. The smallest absolute Gasteiger partial charge is 0.233 e. The number of rotatable bonds is 8. The first kappa shape index (κ1) is 19.3. The Morgan fingerprint density at radius 1 is 1.33 bits per heavy atom. The van der Waals surface area contributed by atoms with Gasteiger partial charge in [0.2, 0.25) is 5.91 Å². The highest BCUT2D eigenvalue weighted by Gasteiger charge is 2.17. The lowest BCUT2D eigenvalue weighted by Crippen LogP contribution is -2.31. The van der Waals surface area contributed by atoms with Gasteiger partial charge in [-0.05, 0) is 35.7 Å². The van der Waals surface area contributed by atoms with E-state index in [0.717, 1.165) is 10.4 Å². The van der Waals surface area contributed by atoms with Crippen molar-refractivity contribution >= 4 is 29.0 Å². The number of hydrogen-bond acceptors (Lipinski definition) is 5. The van der Waals surface area contributed by atoms with Crippen molar-refractivity contribution in [3.8, 4) is 11.4 Å². The van der Waals surface area contributed by atoms with Crippen LogP contribution in [0.2, 0.25) is 0 Å². The number of halogens is 1. The maximum absolute atomic E-state index is 13.1. The minimum absolute atomic E-state index is 0.0135. The molecule has 0 unspecified atom stereocenters. The molecule has 0 saturated carbocycles. The molecule has 0 atom stereocenters. The first-order valence-corrected chi connectivity index (χ1v) is 10.1. The number of thiophene rings is 1. The predicted octanol–water partition coefficient (Wildman–Crippen LogP) is 3.99. The molecular weight excluding hydrogens is 383 g/mol. The van der Waals surface area contributed by atoms with Crippen LogP contribution in [0.1, 0.15) is 4.88 Å². The molecule has 1 aromatic carbocycles. The summed E-state index contributed by atoms with van der Waals surface area (Å²) in [6, 6.07) is 10.1. The number of benzene rings is 1. The predicted molar refractivity (Wildman–Crippen MR) is 107 cm³/mol. The average molecular weight is 403 g/mol. The van der Waals surface area contributed by atoms with Crippen LogP contribution in [0, 0.1) is 5.82 Å². The van der Waals surface area contributed by atoms with Crippen LogP contribution in [0.3, 0.4) is 0 Å². The molecule has 0 fully saturated rings. The molecule has 27 heavy (non-hydrogen) atoms. The van der Waals surface area contributed by atoms with Crippen LogP contribution in [0.4, 0.5) is 4.39 Å². The Bertz CT molecular complexity index is 906. The van der Waals surface area contributed by atoms with Crippen molar-refractivity contribution < 1.29 is 9.18 Å². The molecular formula is C19H19FN4OS2. The zero-order valence-corrected chi connectivity index (χ0v) is 16.5. The number of carbonyl (C=O) groups excluding carboxylic acids is 1. The van der Waals surface area contributed by atoms with E-state index in [2.05, 4.69) is 16.8 Å². The summed E-state index contributed by atoms with van der Waals surface area (Å²) in [6.45, 7) is 4.81. The molecule has 0 aliphatic heterocycles. The normalized spacial score (nSPS) is 10.7. The highest BCUT2D eigenvalue weighted by Crippen LogP contribution is 2.23. The molecule has 0 N–H and O–H groups in total. The molecule has 0 radical (unpaired) electrons. The highest BCUT2D eigenvalue weighted by molar-refractivity contribution is 7.99. The summed E-state index contributed by atoms with van der Waals surface area (Å²) in [6.07, 6.45) is 1.73. The molecule has 3 aromatic rings. The van der Waals surface area contributed by atoms with E-state index in [0.29, 0.717) is 24.1 Å². The molecule has 1 amide bonds. The Morgan fingerprint density at radius 3 is 2.78 bits per heavy atom. The van der Waals surface area contributed by atoms with Gasteiger partial charge < -0.3 is 9.47 Å². The summed E-state index contributed by atoms with van der Waals surface area (Å²) in [7, 11) is 1.83. The van der Waals surface area contributed by atoms with Crippen molar-refractivity contribution in [3.05, 3.63) is 65.1 Å². The highest BCUT2D eigenvalue weighted by atomic mass is 32.2. The largest absolute Gasteiger partial charge is 0.333 e. The quantitative estimate of drug-likeness (QED) is 0.422. The molecule has 0 spiro atoms. The molecule has 3 rings (SSSR count). The number of nitrogens with zero attached hydrogens (tertiary/aromatic N) is 4. The van der Waals surface area contributed by atoms with Crippen LogP contribution in [0.15, 0.2) is 59.6 Å². The summed E-state index contributed by atoms with van der Waals surface area (Å²) in [5, 5.41) is 11.0. The van der Waals surface area contributed by atoms with E-state index in [4.69, 9.17) is 0 Å². The SMILES string of the molecule is C=CCN(Cc1cccs1)C(=O)CSc1nnc(-c2ccc(F)cc2)n1C. The lowest BCUT2D eigenvalue weighted by atomic mass is 10.2. The minimum atomic E-state index is -0.297. The minimum Gasteiger partial charge on any atom is -0.333 e. The zero-order chi connectivity index (χ0) is 19.2. The number of hydrogen-bond donors (Lipinski definition) is 0. The molecule has 8 heteroatoms. The van der Waals surface area contributed by atoms with Gasteiger partial charge in [0, 0.05) is 24.0 Å². The maximum atomic E-state index is 13.1. The third-order valence-corrected chi connectivity index (χ3v) is 5.76. The van der Waals surface area contributed by atoms with Crippen LogP contribution in [0.5, 0.6) is 0 Å². The van der Waals surface area contributed by atoms with E-state index in [1.54, 1.807) is 34.4 Å². The summed E-state index contributed by atoms with van der Waals surface area (Å²) >= 11 is 2.96. The summed E-state index contributed by atoms with van der Waals surface area (Å²) < 4.78 is 14.9. The van der Waals surface area contributed by atoms with Crippen molar-refractivity contribution in [2.24, 2.45) is 7.05 Å².